The molecule has 4 nitrogen and oxygen atoms in total. The van der Waals surface area contributed by atoms with Gasteiger partial charge in [-0.05, 0) is 25.3 Å². The van der Waals surface area contributed by atoms with Crippen LogP contribution in [0.2, 0.25) is 0 Å². The predicted octanol–water partition coefficient (Wildman–Crippen LogP) is 1.31. The minimum Gasteiger partial charge on any atom is -0.329 e. The Morgan fingerprint density at radius 2 is 2.29 bits per heavy atom. The number of aromatic nitrogens is 1. The van der Waals surface area contributed by atoms with Crippen LogP contribution in [0.4, 0.5) is 0 Å². The topological polar surface area (TPSA) is 53.2 Å². The maximum absolute atomic E-state index is 12.4. The molecule has 2 atom stereocenters. The van der Waals surface area contributed by atoms with E-state index in [-0.39, 0.29) is 17.5 Å². The molecular weight excluding hydrogens is 216 g/mol. The van der Waals surface area contributed by atoms with Crippen molar-refractivity contribution < 1.29 is 4.79 Å². The summed E-state index contributed by atoms with van der Waals surface area (Å²) in [6, 6.07) is 3.58. The van der Waals surface area contributed by atoms with Gasteiger partial charge < -0.3 is 9.88 Å². The van der Waals surface area contributed by atoms with Crippen LogP contribution in [0.25, 0.3) is 0 Å². The molecule has 3 heterocycles. The SMILES string of the molecule is O=C(c1cc[nH]c(=O)c1)N1C2C=CCC1CC2. The first-order valence-electron chi connectivity index (χ1n) is 5.94. The lowest BCUT2D eigenvalue weighted by atomic mass is 10.1. The summed E-state index contributed by atoms with van der Waals surface area (Å²) in [7, 11) is 0. The van der Waals surface area contributed by atoms with Crippen molar-refractivity contribution in [3.63, 3.8) is 0 Å². The third-order valence-electron chi connectivity index (χ3n) is 3.57. The third-order valence-corrected chi connectivity index (χ3v) is 3.57. The largest absolute Gasteiger partial charge is 0.329 e. The average molecular weight is 230 g/mol. The second-order valence-corrected chi connectivity index (χ2v) is 4.62. The molecular formula is C13H14N2O2. The van der Waals surface area contributed by atoms with Gasteiger partial charge in [0.15, 0.2) is 0 Å². The quantitative estimate of drug-likeness (QED) is 0.739. The van der Waals surface area contributed by atoms with E-state index in [0.29, 0.717) is 11.6 Å². The molecule has 0 aliphatic carbocycles. The zero-order valence-corrected chi connectivity index (χ0v) is 9.43. The summed E-state index contributed by atoms with van der Waals surface area (Å²) < 4.78 is 0. The summed E-state index contributed by atoms with van der Waals surface area (Å²) in [5.74, 6) is -0.0204. The Bertz CT molecular complexity index is 532. The van der Waals surface area contributed by atoms with Crippen molar-refractivity contribution in [2.45, 2.75) is 31.3 Å². The van der Waals surface area contributed by atoms with Crippen LogP contribution in [0, 0.1) is 0 Å². The van der Waals surface area contributed by atoms with Gasteiger partial charge in [-0.1, -0.05) is 12.2 Å². The van der Waals surface area contributed by atoms with Crippen LogP contribution in [0.1, 0.15) is 29.6 Å². The lowest BCUT2D eigenvalue weighted by Crippen LogP contribution is -2.42. The first-order chi connectivity index (χ1) is 8.25. The van der Waals surface area contributed by atoms with E-state index in [1.165, 1.54) is 12.3 Å². The summed E-state index contributed by atoms with van der Waals surface area (Å²) in [6.07, 6.45) is 8.82. The van der Waals surface area contributed by atoms with Crippen LogP contribution in [0.3, 0.4) is 0 Å². The minimum absolute atomic E-state index is 0.0204. The normalized spacial score (nSPS) is 26.2. The fourth-order valence-corrected chi connectivity index (χ4v) is 2.77. The average Bonchev–Trinajstić information content (AvgIpc) is 2.58. The van der Waals surface area contributed by atoms with E-state index in [4.69, 9.17) is 0 Å². The zero-order chi connectivity index (χ0) is 11.8. The number of nitrogens with zero attached hydrogens (tertiary/aromatic N) is 1. The molecule has 1 aromatic heterocycles. The highest BCUT2D eigenvalue weighted by molar-refractivity contribution is 5.95. The monoisotopic (exact) mass is 230 g/mol. The van der Waals surface area contributed by atoms with Crippen LogP contribution in [-0.2, 0) is 0 Å². The van der Waals surface area contributed by atoms with Crippen LogP contribution >= 0.6 is 0 Å². The van der Waals surface area contributed by atoms with Gasteiger partial charge in [-0.2, -0.15) is 0 Å². The number of hydrogen-bond acceptors (Lipinski definition) is 2. The zero-order valence-electron chi connectivity index (χ0n) is 9.43. The number of carbonyl (C=O) groups is 1. The molecule has 0 aromatic carbocycles. The molecule has 1 N–H and O–H groups in total. The summed E-state index contributed by atoms with van der Waals surface area (Å²) in [6.45, 7) is 0. The van der Waals surface area contributed by atoms with Crippen molar-refractivity contribution in [1.29, 1.82) is 0 Å². The van der Waals surface area contributed by atoms with Crippen LogP contribution in [-0.4, -0.2) is 27.9 Å². The molecule has 1 amide bonds. The van der Waals surface area contributed by atoms with Crippen molar-refractivity contribution in [2.75, 3.05) is 0 Å². The first-order valence-corrected chi connectivity index (χ1v) is 5.94. The molecule has 1 fully saturated rings. The van der Waals surface area contributed by atoms with Crippen LogP contribution < -0.4 is 5.56 Å². The molecule has 0 radical (unpaired) electrons. The molecule has 2 aliphatic heterocycles. The highest BCUT2D eigenvalue weighted by atomic mass is 16.2. The van der Waals surface area contributed by atoms with Crippen molar-refractivity contribution in [3.8, 4) is 0 Å². The molecule has 88 valence electrons. The number of amides is 1. The maximum Gasteiger partial charge on any atom is 0.254 e. The number of nitrogens with one attached hydrogen (secondary N) is 1. The molecule has 1 aromatic rings. The molecule has 2 aliphatic rings. The highest BCUT2D eigenvalue weighted by Crippen LogP contribution is 2.32. The van der Waals surface area contributed by atoms with Gasteiger partial charge >= 0.3 is 0 Å². The lowest BCUT2D eigenvalue weighted by molar-refractivity contribution is 0.0688. The summed E-state index contributed by atoms with van der Waals surface area (Å²) in [5, 5.41) is 0. The third kappa shape index (κ3) is 1.69. The standard InChI is InChI=1S/C13H14N2O2/c16-12-8-9(6-7-14-12)13(17)15-10-2-1-3-11(15)5-4-10/h1-2,6-8,10-11H,3-5H2,(H,14,16). The summed E-state index contributed by atoms with van der Waals surface area (Å²) in [5.41, 5.74) is 0.261. The number of carbonyl (C=O) groups excluding carboxylic acids is 1. The molecule has 17 heavy (non-hydrogen) atoms. The van der Waals surface area contributed by atoms with E-state index >= 15 is 0 Å². The number of hydrogen-bond donors (Lipinski definition) is 1. The van der Waals surface area contributed by atoms with Gasteiger partial charge in [0.05, 0.1) is 6.04 Å². The Hall–Kier alpha value is -1.84. The number of rotatable bonds is 1. The van der Waals surface area contributed by atoms with E-state index in [2.05, 4.69) is 17.1 Å². The first kappa shape index (κ1) is 10.3. The van der Waals surface area contributed by atoms with E-state index in [0.717, 1.165) is 19.3 Å². The molecule has 2 bridgehead atoms. The van der Waals surface area contributed by atoms with Crippen LogP contribution in [0.15, 0.2) is 35.3 Å². The second kappa shape index (κ2) is 3.87. The summed E-state index contributed by atoms with van der Waals surface area (Å²) >= 11 is 0. The fourth-order valence-electron chi connectivity index (χ4n) is 2.77. The fraction of sp³-hybridized carbons (Fsp3) is 0.385. The van der Waals surface area contributed by atoms with Gasteiger partial charge in [0.1, 0.15) is 0 Å². The number of H-pyrrole nitrogens is 1. The number of fused-ring (bicyclic) bond motifs is 2. The second-order valence-electron chi connectivity index (χ2n) is 4.62. The van der Waals surface area contributed by atoms with Gasteiger partial charge in [0.25, 0.3) is 5.91 Å². The molecule has 0 saturated carbocycles. The Labute approximate surface area is 99.0 Å². The number of aromatic amines is 1. The lowest BCUT2D eigenvalue weighted by Gasteiger charge is -2.31. The molecule has 2 unspecified atom stereocenters. The van der Waals surface area contributed by atoms with Gasteiger partial charge in [0, 0.05) is 23.9 Å². The van der Waals surface area contributed by atoms with Crippen molar-refractivity contribution in [1.82, 2.24) is 9.88 Å². The van der Waals surface area contributed by atoms with Gasteiger partial charge in [-0.25, -0.2) is 0 Å². The minimum atomic E-state index is -0.226. The highest BCUT2D eigenvalue weighted by Gasteiger charge is 2.37. The van der Waals surface area contributed by atoms with Gasteiger partial charge in [-0.3, -0.25) is 9.59 Å². The summed E-state index contributed by atoms with van der Waals surface area (Å²) in [4.78, 5) is 28.0. The van der Waals surface area contributed by atoms with Crippen molar-refractivity contribution in [2.24, 2.45) is 0 Å². The Morgan fingerprint density at radius 3 is 3.06 bits per heavy atom. The van der Waals surface area contributed by atoms with Gasteiger partial charge in [0.2, 0.25) is 5.56 Å². The van der Waals surface area contributed by atoms with Gasteiger partial charge in [-0.15, -0.1) is 0 Å². The Balaban J connectivity index is 1.93. The molecule has 3 rings (SSSR count). The smallest absolute Gasteiger partial charge is 0.254 e. The predicted molar refractivity (Wildman–Crippen MR) is 63.8 cm³/mol. The van der Waals surface area contributed by atoms with E-state index in [1.807, 2.05) is 4.90 Å². The van der Waals surface area contributed by atoms with E-state index < -0.39 is 0 Å². The Kier molecular flexibility index (Phi) is 2.35. The Morgan fingerprint density at radius 1 is 1.41 bits per heavy atom. The molecule has 4 heteroatoms. The number of pyridine rings is 1. The maximum atomic E-state index is 12.4. The van der Waals surface area contributed by atoms with Crippen molar-refractivity contribution >= 4 is 5.91 Å². The van der Waals surface area contributed by atoms with Crippen molar-refractivity contribution in [3.05, 3.63) is 46.4 Å². The molecule has 1 saturated heterocycles. The molecule has 0 spiro atoms. The van der Waals surface area contributed by atoms with E-state index in [9.17, 15) is 9.59 Å². The van der Waals surface area contributed by atoms with E-state index in [1.54, 1.807) is 6.07 Å². The van der Waals surface area contributed by atoms with Crippen LogP contribution in [0.5, 0.6) is 0 Å².